The number of rotatable bonds is 8. The number of aromatic nitrogens is 3. The molecule has 2 atom stereocenters. The predicted octanol–water partition coefficient (Wildman–Crippen LogP) is 4.10. The lowest BCUT2D eigenvalue weighted by molar-refractivity contribution is -0.123. The number of carbonyl (C=O) groups excluding carboxylic acids is 3. The minimum absolute atomic E-state index is 0.0299. The molecule has 3 heterocycles. The first-order valence-corrected chi connectivity index (χ1v) is 14.2. The highest BCUT2D eigenvalue weighted by molar-refractivity contribution is 7.98. The Hall–Kier alpha value is -4.45. The molecule has 41 heavy (non-hydrogen) atoms. The second-order valence-corrected chi connectivity index (χ2v) is 11.0. The normalized spacial score (nSPS) is 19.7. The molecule has 1 aliphatic heterocycles. The summed E-state index contributed by atoms with van der Waals surface area (Å²) in [5.41, 5.74) is -1.04. The number of hydrogen-bond donors (Lipinski definition) is 3. The van der Waals surface area contributed by atoms with E-state index in [4.69, 9.17) is 9.26 Å². The van der Waals surface area contributed by atoms with Crippen molar-refractivity contribution in [2.45, 2.75) is 45.6 Å². The Morgan fingerprint density at radius 3 is 2.61 bits per heavy atom. The minimum atomic E-state index is -1.61. The molecule has 0 bridgehead atoms. The van der Waals surface area contributed by atoms with Crippen LogP contribution >= 0.6 is 11.8 Å². The maximum absolute atomic E-state index is 14.1. The number of Topliss-reactive ketones (excluding diaryl/α,β-unsaturated/α-hetero) is 2. The molecule has 2 aromatic heterocycles. The third-order valence-electron chi connectivity index (χ3n) is 7.40. The molecule has 0 amide bonds. The molecule has 3 aromatic rings. The Morgan fingerprint density at radius 1 is 1.20 bits per heavy atom. The summed E-state index contributed by atoms with van der Waals surface area (Å²) < 4.78 is 11.4. The fraction of sp³-hybridized carbons (Fsp3) is 0.310. The van der Waals surface area contributed by atoms with Crippen molar-refractivity contribution >= 4 is 29.1 Å². The number of benzene rings is 1. The minimum Gasteiger partial charge on any atom is -0.507 e. The molecule has 0 saturated heterocycles. The zero-order valence-electron chi connectivity index (χ0n) is 23.1. The largest absolute Gasteiger partial charge is 0.507 e. The molecular formula is C29H28N4O7S. The number of ether oxygens (including phenoxy) is 1. The van der Waals surface area contributed by atoms with Crippen LogP contribution in [0.5, 0.6) is 17.2 Å². The van der Waals surface area contributed by atoms with E-state index in [-0.39, 0.29) is 51.1 Å². The summed E-state index contributed by atoms with van der Waals surface area (Å²) in [7, 11) is 0. The number of pyridine rings is 1. The molecule has 0 fully saturated rings. The lowest BCUT2D eigenvalue weighted by atomic mass is 9.70. The molecule has 1 unspecified atom stereocenters. The van der Waals surface area contributed by atoms with E-state index in [1.54, 1.807) is 37.0 Å². The van der Waals surface area contributed by atoms with E-state index in [9.17, 15) is 24.6 Å². The molecule has 5 rings (SSSR count). The average molecular weight is 577 g/mol. The van der Waals surface area contributed by atoms with Crippen molar-refractivity contribution in [3.05, 3.63) is 70.1 Å². The number of allylic oxidation sites excluding steroid dienone is 4. The van der Waals surface area contributed by atoms with Gasteiger partial charge in [0, 0.05) is 23.5 Å². The van der Waals surface area contributed by atoms with Crippen LogP contribution in [-0.2, 0) is 15.0 Å². The predicted molar refractivity (Wildman–Crippen MR) is 150 cm³/mol. The van der Waals surface area contributed by atoms with E-state index >= 15 is 0 Å². The Bertz CT molecular complexity index is 1660. The number of phenolic OH excluding ortho intramolecular Hbond substituents is 2. The molecular weight excluding hydrogens is 548 g/mol. The smallest absolute Gasteiger partial charge is 0.249 e. The fourth-order valence-electron chi connectivity index (χ4n) is 5.16. The van der Waals surface area contributed by atoms with Crippen LogP contribution in [0.25, 0.3) is 11.5 Å². The Labute approximate surface area is 239 Å². The van der Waals surface area contributed by atoms with Gasteiger partial charge in [-0.25, -0.2) is 0 Å². The lowest BCUT2D eigenvalue weighted by Crippen LogP contribution is -2.41. The third-order valence-corrected chi connectivity index (χ3v) is 8.04. The standard InChI is InChI=1S/C29H28N4O7S/c1-13-23(36)21(15(3)34)25-22(24(13)37)29(4)19(39-25)12-18(35)20(26(29)38)14(2)31-17(9-11-41-5)28-32-27(33-40-28)16-8-6-7-10-30-16/h6-8,10,12,17,31,36-37H,9,11H2,1-5H3/t17?,29-/m0/s1. The summed E-state index contributed by atoms with van der Waals surface area (Å²) in [6, 6.07) is 4.82. The SMILES string of the molecule is CSCCC(NC(C)=C1C(=O)C=C2Oc3c(C(C)=O)c(O)c(C)c(O)c3[C@@]2(C)C1=O)c1nc(-c2ccccn2)no1. The highest BCUT2D eigenvalue weighted by atomic mass is 32.2. The van der Waals surface area contributed by atoms with Gasteiger partial charge in [0.2, 0.25) is 11.7 Å². The summed E-state index contributed by atoms with van der Waals surface area (Å²) in [5.74, 6) is -1.44. The molecule has 3 N–H and O–H groups in total. The maximum Gasteiger partial charge on any atom is 0.249 e. The van der Waals surface area contributed by atoms with Gasteiger partial charge in [-0.1, -0.05) is 11.2 Å². The first-order chi connectivity index (χ1) is 19.5. The number of aromatic hydroxyl groups is 2. The van der Waals surface area contributed by atoms with Crippen molar-refractivity contribution < 1.29 is 33.9 Å². The summed E-state index contributed by atoms with van der Waals surface area (Å²) in [5, 5.41) is 28.9. The number of hydrogen-bond acceptors (Lipinski definition) is 12. The van der Waals surface area contributed by atoms with Crippen LogP contribution in [0.3, 0.4) is 0 Å². The van der Waals surface area contributed by atoms with Crippen LogP contribution in [0.1, 0.15) is 60.6 Å². The topological polar surface area (TPSA) is 165 Å². The van der Waals surface area contributed by atoms with Gasteiger partial charge in [0.1, 0.15) is 45.7 Å². The van der Waals surface area contributed by atoms with Gasteiger partial charge < -0.3 is 24.8 Å². The molecule has 12 heteroatoms. The van der Waals surface area contributed by atoms with Crippen molar-refractivity contribution in [2.75, 3.05) is 12.0 Å². The van der Waals surface area contributed by atoms with Gasteiger partial charge in [-0.2, -0.15) is 16.7 Å². The summed E-state index contributed by atoms with van der Waals surface area (Å²) in [6.45, 7) is 5.81. The van der Waals surface area contributed by atoms with Crippen molar-refractivity contribution in [3.8, 4) is 28.8 Å². The number of ketones is 3. The van der Waals surface area contributed by atoms with E-state index in [0.717, 1.165) is 5.75 Å². The summed E-state index contributed by atoms with van der Waals surface area (Å²) >= 11 is 1.61. The molecule has 0 spiro atoms. The molecule has 1 aromatic carbocycles. The third kappa shape index (κ3) is 4.48. The average Bonchev–Trinajstić information content (AvgIpc) is 3.54. The van der Waals surface area contributed by atoms with Crippen molar-refractivity contribution in [1.29, 1.82) is 0 Å². The molecule has 2 aliphatic rings. The number of thioether (sulfide) groups is 1. The zero-order chi connectivity index (χ0) is 29.6. The Kier molecular flexibility index (Phi) is 7.20. The van der Waals surface area contributed by atoms with Gasteiger partial charge in [-0.05, 0) is 58.3 Å². The molecule has 1 aliphatic carbocycles. The van der Waals surface area contributed by atoms with Gasteiger partial charge in [0.15, 0.2) is 17.3 Å². The van der Waals surface area contributed by atoms with Gasteiger partial charge in [0.25, 0.3) is 0 Å². The maximum atomic E-state index is 14.1. The molecule has 212 valence electrons. The lowest BCUT2D eigenvalue weighted by Gasteiger charge is -2.29. The van der Waals surface area contributed by atoms with E-state index in [0.29, 0.717) is 17.9 Å². The number of nitrogens with zero attached hydrogens (tertiary/aromatic N) is 3. The van der Waals surface area contributed by atoms with Gasteiger partial charge in [-0.15, -0.1) is 0 Å². The monoisotopic (exact) mass is 576 g/mol. The van der Waals surface area contributed by atoms with Crippen LogP contribution in [0.4, 0.5) is 0 Å². The Balaban J connectivity index is 1.56. The van der Waals surface area contributed by atoms with E-state index in [1.165, 1.54) is 26.8 Å². The highest BCUT2D eigenvalue weighted by Crippen LogP contribution is 2.57. The van der Waals surface area contributed by atoms with Gasteiger partial charge in [0.05, 0.1) is 11.1 Å². The van der Waals surface area contributed by atoms with E-state index in [1.807, 2.05) is 12.3 Å². The number of nitrogens with one attached hydrogen (secondary N) is 1. The van der Waals surface area contributed by atoms with Crippen molar-refractivity contribution in [3.63, 3.8) is 0 Å². The van der Waals surface area contributed by atoms with Gasteiger partial charge >= 0.3 is 0 Å². The quantitative estimate of drug-likeness (QED) is 0.200. The second kappa shape index (κ2) is 10.5. The van der Waals surface area contributed by atoms with Crippen LogP contribution in [-0.4, -0.2) is 54.7 Å². The fourth-order valence-corrected chi connectivity index (χ4v) is 5.64. The van der Waals surface area contributed by atoms with Crippen molar-refractivity contribution in [1.82, 2.24) is 20.4 Å². The summed E-state index contributed by atoms with van der Waals surface area (Å²) in [6.07, 6.45) is 5.30. The Morgan fingerprint density at radius 2 is 1.95 bits per heavy atom. The second-order valence-electron chi connectivity index (χ2n) is 10.0. The number of phenols is 2. The van der Waals surface area contributed by atoms with E-state index < -0.39 is 34.6 Å². The summed E-state index contributed by atoms with van der Waals surface area (Å²) in [4.78, 5) is 48.6. The van der Waals surface area contributed by atoms with Crippen LogP contribution < -0.4 is 10.1 Å². The van der Waals surface area contributed by atoms with Crippen LogP contribution in [0, 0.1) is 6.92 Å². The highest BCUT2D eigenvalue weighted by Gasteiger charge is 2.56. The van der Waals surface area contributed by atoms with Crippen molar-refractivity contribution in [2.24, 2.45) is 0 Å². The molecule has 11 nitrogen and oxygen atoms in total. The first kappa shape index (κ1) is 28.1. The van der Waals surface area contributed by atoms with E-state index in [2.05, 4.69) is 20.4 Å². The van der Waals surface area contributed by atoms with Gasteiger partial charge in [-0.3, -0.25) is 19.4 Å². The number of carbonyl (C=O) groups is 3. The van der Waals surface area contributed by atoms with Crippen LogP contribution in [0.15, 0.2) is 52.0 Å². The molecule has 0 radical (unpaired) electrons. The zero-order valence-corrected chi connectivity index (χ0v) is 23.9. The first-order valence-electron chi connectivity index (χ1n) is 12.8. The molecule has 0 saturated carbocycles. The number of fused-ring (bicyclic) bond motifs is 3. The van der Waals surface area contributed by atoms with Crippen LogP contribution in [0.2, 0.25) is 0 Å².